The predicted octanol–water partition coefficient (Wildman–Crippen LogP) is 5.81. The van der Waals surface area contributed by atoms with Crippen LogP contribution in [0.2, 0.25) is 0 Å². The highest BCUT2D eigenvalue weighted by Crippen LogP contribution is 2.24. The Kier molecular flexibility index (Phi) is 8.38. The number of ether oxygens (including phenoxy) is 1. The topological polar surface area (TPSA) is 70.3 Å². The van der Waals surface area contributed by atoms with Crippen molar-refractivity contribution in [3.05, 3.63) is 54.1 Å². The van der Waals surface area contributed by atoms with Crippen LogP contribution >= 0.6 is 0 Å². The summed E-state index contributed by atoms with van der Waals surface area (Å²) in [5, 5.41) is 18.3. The SMILES string of the molecule is CCCCCCCCC(Oc1ccc(-c2ccc(C#N)cc2)cc1)C(=O)O. The van der Waals surface area contributed by atoms with Gasteiger partial charge in [-0.1, -0.05) is 63.3 Å². The number of hydrogen-bond acceptors (Lipinski definition) is 3. The molecule has 0 fully saturated rings. The number of aliphatic carboxylic acids is 1. The number of nitriles is 1. The van der Waals surface area contributed by atoms with Gasteiger partial charge in [0.05, 0.1) is 11.6 Å². The Labute approximate surface area is 161 Å². The summed E-state index contributed by atoms with van der Waals surface area (Å²) in [5.41, 5.74) is 2.62. The summed E-state index contributed by atoms with van der Waals surface area (Å²) >= 11 is 0. The molecule has 0 saturated heterocycles. The summed E-state index contributed by atoms with van der Waals surface area (Å²) in [7, 11) is 0. The van der Waals surface area contributed by atoms with Crippen molar-refractivity contribution in [1.82, 2.24) is 0 Å². The van der Waals surface area contributed by atoms with E-state index in [-0.39, 0.29) is 0 Å². The number of hydrogen-bond donors (Lipinski definition) is 1. The van der Waals surface area contributed by atoms with Crippen molar-refractivity contribution in [1.29, 1.82) is 5.26 Å². The zero-order valence-electron chi connectivity index (χ0n) is 15.9. The number of nitrogens with zero attached hydrogens (tertiary/aromatic N) is 1. The molecule has 1 atom stereocenters. The lowest BCUT2D eigenvalue weighted by molar-refractivity contribution is -0.145. The van der Waals surface area contributed by atoms with Gasteiger partial charge < -0.3 is 9.84 Å². The van der Waals surface area contributed by atoms with Crippen LogP contribution in [-0.4, -0.2) is 17.2 Å². The van der Waals surface area contributed by atoms with Crippen molar-refractivity contribution >= 4 is 5.97 Å². The molecule has 1 unspecified atom stereocenters. The summed E-state index contributed by atoms with van der Waals surface area (Å²) in [6.45, 7) is 2.18. The van der Waals surface area contributed by atoms with Gasteiger partial charge in [0.1, 0.15) is 5.75 Å². The molecule has 0 aliphatic rings. The second-order valence-corrected chi connectivity index (χ2v) is 6.71. The summed E-state index contributed by atoms with van der Waals surface area (Å²) in [6, 6.07) is 16.8. The maximum absolute atomic E-state index is 11.5. The molecule has 0 aliphatic carbocycles. The first-order valence-corrected chi connectivity index (χ1v) is 9.64. The van der Waals surface area contributed by atoms with Gasteiger partial charge in [-0.3, -0.25) is 0 Å². The minimum Gasteiger partial charge on any atom is -0.479 e. The molecular formula is C23H27NO3. The van der Waals surface area contributed by atoms with Crippen LogP contribution in [0.3, 0.4) is 0 Å². The minimum atomic E-state index is -0.917. The van der Waals surface area contributed by atoms with Crippen LogP contribution in [0.1, 0.15) is 57.4 Å². The number of unbranched alkanes of at least 4 members (excludes halogenated alkanes) is 5. The first kappa shape index (κ1) is 20.5. The zero-order chi connectivity index (χ0) is 19.5. The average Bonchev–Trinajstić information content (AvgIpc) is 2.70. The molecule has 4 nitrogen and oxygen atoms in total. The lowest BCUT2D eigenvalue weighted by Crippen LogP contribution is -2.26. The molecule has 0 bridgehead atoms. The highest BCUT2D eigenvalue weighted by Gasteiger charge is 2.18. The van der Waals surface area contributed by atoms with Gasteiger partial charge in [-0.25, -0.2) is 4.79 Å². The summed E-state index contributed by atoms with van der Waals surface area (Å²) in [5.74, 6) is -0.356. The quantitative estimate of drug-likeness (QED) is 0.510. The Morgan fingerprint density at radius 2 is 1.52 bits per heavy atom. The van der Waals surface area contributed by atoms with Gasteiger partial charge in [-0.05, 0) is 48.2 Å². The lowest BCUT2D eigenvalue weighted by atomic mass is 10.0. The van der Waals surface area contributed by atoms with E-state index in [4.69, 9.17) is 10.00 Å². The average molecular weight is 365 g/mol. The molecule has 0 aliphatic heterocycles. The Balaban J connectivity index is 1.90. The molecule has 0 spiro atoms. The molecule has 0 heterocycles. The van der Waals surface area contributed by atoms with E-state index >= 15 is 0 Å². The molecular weight excluding hydrogens is 338 g/mol. The standard InChI is InChI=1S/C23H27NO3/c1-2-3-4-5-6-7-8-22(23(25)26)27-21-15-13-20(14-16-21)19-11-9-18(17-24)10-12-19/h9-16,22H,2-8H2,1H3,(H,25,26). The third kappa shape index (κ3) is 6.79. The normalized spacial score (nSPS) is 11.6. The van der Waals surface area contributed by atoms with Crippen LogP contribution in [0.4, 0.5) is 0 Å². The Morgan fingerprint density at radius 1 is 0.963 bits per heavy atom. The highest BCUT2D eigenvalue weighted by atomic mass is 16.5. The maximum atomic E-state index is 11.5. The Bertz CT molecular complexity index is 745. The maximum Gasteiger partial charge on any atom is 0.344 e. The molecule has 27 heavy (non-hydrogen) atoms. The fourth-order valence-corrected chi connectivity index (χ4v) is 2.97. The fourth-order valence-electron chi connectivity index (χ4n) is 2.97. The molecule has 0 saturated carbocycles. The van der Waals surface area contributed by atoms with Crippen LogP contribution in [-0.2, 0) is 4.79 Å². The molecule has 2 aromatic rings. The van der Waals surface area contributed by atoms with Crippen molar-refractivity contribution in [2.45, 2.75) is 58.0 Å². The molecule has 2 aromatic carbocycles. The molecule has 0 amide bonds. The van der Waals surface area contributed by atoms with Crippen LogP contribution < -0.4 is 4.74 Å². The van der Waals surface area contributed by atoms with Gasteiger partial charge in [-0.2, -0.15) is 5.26 Å². The summed E-state index contributed by atoms with van der Waals surface area (Å²) in [6.07, 6.45) is 6.44. The smallest absolute Gasteiger partial charge is 0.344 e. The van der Waals surface area contributed by atoms with E-state index in [0.29, 0.717) is 17.7 Å². The Hall–Kier alpha value is -2.80. The van der Waals surface area contributed by atoms with Crippen LogP contribution in [0.25, 0.3) is 11.1 Å². The number of rotatable bonds is 11. The second-order valence-electron chi connectivity index (χ2n) is 6.71. The van der Waals surface area contributed by atoms with Gasteiger partial charge in [0.15, 0.2) is 6.10 Å². The fraction of sp³-hybridized carbons (Fsp3) is 0.391. The summed E-state index contributed by atoms with van der Waals surface area (Å²) in [4.78, 5) is 11.5. The largest absolute Gasteiger partial charge is 0.479 e. The van der Waals surface area contributed by atoms with E-state index in [2.05, 4.69) is 13.0 Å². The molecule has 0 radical (unpaired) electrons. The second kappa shape index (κ2) is 11.0. The van der Waals surface area contributed by atoms with E-state index in [1.54, 1.807) is 24.3 Å². The number of carboxylic acid groups (broad SMARTS) is 1. The van der Waals surface area contributed by atoms with Crippen LogP contribution in [0, 0.1) is 11.3 Å². The zero-order valence-corrected chi connectivity index (χ0v) is 15.9. The van der Waals surface area contributed by atoms with E-state index < -0.39 is 12.1 Å². The van der Waals surface area contributed by atoms with Gasteiger partial charge >= 0.3 is 5.97 Å². The van der Waals surface area contributed by atoms with Crippen molar-refractivity contribution in [2.75, 3.05) is 0 Å². The third-order valence-electron chi connectivity index (χ3n) is 4.58. The molecule has 0 aromatic heterocycles. The van der Waals surface area contributed by atoms with Crippen molar-refractivity contribution in [2.24, 2.45) is 0 Å². The third-order valence-corrected chi connectivity index (χ3v) is 4.58. The predicted molar refractivity (Wildman–Crippen MR) is 107 cm³/mol. The minimum absolute atomic E-state index is 0.527. The molecule has 142 valence electrons. The Morgan fingerprint density at radius 3 is 2.07 bits per heavy atom. The van der Waals surface area contributed by atoms with Gasteiger partial charge in [0.2, 0.25) is 0 Å². The first-order valence-electron chi connectivity index (χ1n) is 9.64. The summed E-state index contributed by atoms with van der Waals surface area (Å²) < 4.78 is 5.69. The number of benzene rings is 2. The number of carbonyl (C=O) groups is 1. The van der Waals surface area contributed by atoms with E-state index in [9.17, 15) is 9.90 Å². The van der Waals surface area contributed by atoms with Crippen LogP contribution in [0.15, 0.2) is 48.5 Å². The van der Waals surface area contributed by atoms with Crippen LogP contribution in [0.5, 0.6) is 5.75 Å². The first-order chi connectivity index (χ1) is 13.1. The molecule has 1 N–H and O–H groups in total. The highest BCUT2D eigenvalue weighted by molar-refractivity contribution is 5.73. The van der Waals surface area contributed by atoms with Crippen molar-refractivity contribution in [3.63, 3.8) is 0 Å². The van der Waals surface area contributed by atoms with E-state index in [1.807, 2.05) is 24.3 Å². The van der Waals surface area contributed by atoms with Gasteiger partial charge in [0, 0.05) is 0 Å². The number of carboxylic acids is 1. The van der Waals surface area contributed by atoms with Crippen molar-refractivity contribution in [3.8, 4) is 22.9 Å². The van der Waals surface area contributed by atoms with E-state index in [1.165, 1.54) is 19.3 Å². The molecule has 4 heteroatoms. The monoisotopic (exact) mass is 365 g/mol. The molecule has 2 rings (SSSR count). The lowest BCUT2D eigenvalue weighted by Gasteiger charge is -2.15. The van der Waals surface area contributed by atoms with Gasteiger partial charge in [-0.15, -0.1) is 0 Å². The van der Waals surface area contributed by atoms with Gasteiger partial charge in [0.25, 0.3) is 0 Å². The van der Waals surface area contributed by atoms with E-state index in [0.717, 1.165) is 30.4 Å². The van der Waals surface area contributed by atoms with Crippen molar-refractivity contribution < 1.29 is 14.6 Å².